The van der Waals surface area contributed by atoms with Crippen LogP contribution in [0.4, 0.5) is 4.79 Å². The molecule has 3 aliphatic heterocycles. The smallest absolute Gasteiger partial charge is 0.410 e. The van der Waals surface area contributed by atoms with Crippen LogP contribution < -0.4 is 0 Å². The van der Waals surface area contributed by atoms with Crippen molar-refractivity contribution < 1.29 is 19.1 Å². The SMILES string of the molecule is CC(C)(C)OC(=O)N1[C@@H]2CC[C@H]1CC1(C2)CN(Cc2ccccc2)C(=O)CO1. The Bertz CT molecular complexity index is 729. The first-order chi connectivity index (χ1) is 13.2. The van der Waals surface area contributed by atoms with Gasteiger partial charge in [0.1, 0.15) is 12.2 Å². The number of carbonyl (C=O) groups is 2. The van der Waals surface area contributed by atoms with E-state index in [1.54, 1.807) is 0 Å². The third-order valence-corrected chi connectivity index (χ3v) is 5.99. The van der Waals surface area contributed by atoms with E-state index >= 15 is 0 Å². The van der Waals surface area contributed by atoms with Crippen LogP contribution in [0.5, 0.6) is 0 Å². The van der Waals surface area contributed by atoms with Crippen LogP contribution in [-0.4, -0.2) is 58.2 Å². The van der Waals surface area contributed by atoms with Gasteiger partial charge >= 0.3 is 6.09 Å². The number of hydrogen-bond acceptors (Lipinski definition) is 4. The van der Waals surface area contributed by atoms with Gasteiger partial charge in [-0.2, -0.15) is 0 Å². The van der Waals surface area contributed by atoms with Gasteiger partial charge < -0.3 is 19.3 Å². The number of rotatable bonds is 2. The van der Waals surface area contributed by atoms with E-state index in [9.17, 15) is 9.59 Å². The highest BCUT2D eigenvalue weighted by molar-refractivity contribution is 5.78. The fourth-order valence-electron chi connectivity index (χ4n) is 4.90. The molecule has 2 amide bonds. The average molecular weight is 386 g/mol. The topological polar surface area (TPSA) is 59.1 Å². The van der Waals surface area contributed by atoms with Crippen LogP contribution in [0.3, 0.4) is 0 Å². The Hall–Kier alpha value is -2.08. The molecule has 0 aliphatic carbocycles. The highest BCUT2D eigenvalue weighted by Gasteiger charge is 2.54. The van der Waals surface area contributed by atoms with Gasteiger partial charge in [0.2, 0.25) is 5.91 Å². The molecule has 1 aromatic carbocycles. The minimum Gasteiger partial charge on any atom is -0.444 e. The second-order valence-electron chi connectivity index (χ2n) is 9.39. The van der Waals surface area contributed by atoms with Crippen LogP contribution >= 0.6 is 0 Å². The van der Waals surface area contributed by atoms with Gasteiger partial charge in [-0.05, 0) is 52.0 Å². The summed E-state index contributed by atoms with van der Waals surface area (Å²) in [5.41, 5.74) is 0.279. The predicted octanol–water partition coefficient (Wildman–Crippen LogP) is 3.35. The molecule has 152 valence electrons. The van der Waals surface area contributed by atoms with Gasteiger partial charge in [0, 0.05) is 18.6 Å². The highest BCUT2D eigenvalue weighted by Crippen LogP contribution is 2.44. The van der Waals surface area contributed by atoms with E-state index in [2.05, 4.69) is 0 Å². The van der Waals surface area contributed by atoms with Gasteiger partial charge in [0.15, 0.2) is 0 Å². The van der Waals surface area contributed by atoms with Crippen molar-refractivity contribution in [2.45, 2.75) is 76.3 Å². The maximum Gasteiger partial charge on any atom is 0.410 e. The number of hydrogen-bond donors (Lipinski definition) is 0. The summed E-state index contributed by atoms with van der Waals surface area (Å²) in [6, 6.07) is 10.3. The van der Waals surface area contributed by atoms with E-state index < -0.39 is 5.60 Å². The van der Waals surface area contributed by atoms with Crippen LogP contribution in [0.25, 0.3) is 0 Å². The number of piperidine rings is 1. The quantitative estimate of drug-likeness (QED) is 0.782. The number of amides is 2. The van der Waals surface area contributed by atoms with Gasteiger partial charge in [0.05, 0.1) is 12.1 Å². The predicted molar refractivity (Wildman–Crippen MR) is 105 cm³/mol. The van der Waals surface area contributed by atoms with E-state index in [4.69, 9.17) is 9.47 Å². The number of morpholine rings is 1. The molecule has 0 aromatic heterocycles. The lowest BCUT2D eigenvalue weighted by atomic mass is 9.84. The van der Waals surface area contributed by atoms with Gasteiger partial charge in [-0.1, -0.05) is 30.3 Å². The first-order valence-electron chi connectivity index (χ1n) is 10.2. The minimum atomic E-state index is -0.494. The van der Waals surface area contributed by atoms with Crippen molar-refractivity contribution in [3.8, 4) is 0 Å². The molecule has 2 bridgehead atoms. The summed E-state index contributed by atoms with van der Waals surface area (Å²) < 4.78 is 11.8. The molecule has 3 fully saturated rings. The van der Waals surface area contributed by atoms with Gasteiger partial charge in [0.25, 0.3) is 0 Å². The molecule has 3 atom stereocenters. The fourth-order valence-corrected chi connectivity index (χ4v) is 4.90. The van der Waals surface area contributed by atoms with Crippen molar-refractivity contribution in [3.63, 3.8) is 0 Å². The summed E-state index contributed by atoms with van der Waals surface area (Å²) in [6.07, 6.45) is 3.26. The molecule has 4 rings (SSSR count). The largest absolute Gasteiger partial charge is 0.444 e. The maximum atomic E-state index is 12.7. The lowest BCUT2D eigenvalue weighted by molar-refractivity contribution is -0.177. The summed E-state index contributed by atoms with van der Waals surface area (Å²) in [4.78, 5) is 29.0. The first kappa shape index (κ1) is 19.2. The van der Waals surface area contributed by atoms with Crippen LogP contribution in [0.15, 0.2) is 30.3 Å². The molecule has 0 N–H and O–H groups in total. The third-order valence-electron chi connectivity index (χ3n) is 5.99. The Labute approximate surface area is 166 Å². The van der Waals surface area contributed by atoms with Crippen LogP contribution in [0, 0.1) is 0 Å². The van der Waals surface area contributed by atoms with Crippen molar-refractivity contribution in [3.05, 3.63) is 35.9 Å². The van der Waals surface area contributed by atoms with E-state index in [0.717, 1.165) is 31.2 Å². The maximum absolute atomic E-state index is 12.7. The Balaban J connectivity index is 1.46. The van der Waals surface area contributed by atoms with Gasteiger partial charge in [-0.25, -0.2) is 4.79 Å². The van der Waals surface area contributed by atoms with Crippen molar-refractivity contribution in [2.24, 2.45) is 0 Å². The molecule has 0 saturated carbocycles. The van der Waals surface area contributed by atoms with Gasteiger partial charge in [-0.3, -0.25) is 4.79 Å². The van der Waals surface area contributed by atoms with E-state index in [0.29, 0.717) is 13.1 Å². The molecule has 1 aromatic rings. The van der Waals surface area contributed by atoms with E-state index in [1.807, 2.05) is 60.9 Å². The second kappa shape index (κ2) is 7.07. The lowest BCUT2D eigenvalue weighted by Crippen LogP contribution is -2.62. The summed E-state index contributed by atoms with van der Waals surface area (Å²) in [5, 5.41) is 0. The standard InChI is InChI=1S/C22H30N2O4/c1-21(2,3)28-20(26)24-17-9-10-18(24)12-22(11-17)15-23(19(25)14-27-22)13-16-7-5-4-6-8-16/h4-8,17-18H,9-15H2,1-3H3/t17-,18+,22?. The van der Waals surface area contributed by atoms with Crippen LogP contribution in [0.2, 0.25) is 0 Å². The first-order valence-corrected chi connectivity index (χ1v) is 10.2. The van der Waals surface area contributed by atoms with Crippen molar-refractivity contribution in [2.75, 3.05) is 13.2 Å². The molecule has 3 heterocycles. The Morgan fingerprint density at radius 3 is 2.43 bits per heavy atom. The molecule has 0 radical (unpaired) electrons. The zero-order valence-corrected chi connectivity index (χ0v) is 17.0. The molecule has 3 aliphatic rings. The van der Waals surface area contributed by atoms with Crippen molar-refractivity contribution >= 4 is 12.0 Å². The molecule has 1 spiro atoms. The third kappa shape index (κ3) is 3.88. The Morgan fingerprint density at radius 1 is 1.18 bits per heavy atom. The number of carbonyl (C=O) groups excluding carboxylic acids is 2. The number of fused-ring (bicyclic) bond motifs is 2. The Kier molecular flexibility index (Phi) is 4.86. The average Bonchev–Trinajstić information content (AvgIpc) is 2.90. The Morgan fingerprint density at radius 2 is 1.82 bits per heavy atom. The minimum absolute atomic E-state index is 0.0383. The van der Waals surface area contributed by atoms with Crippen LogP contribution in [0.1, 0.15) is 52.0 Å². The van der Waals surface area contributed by atoms with E-state index in [1.165, 1.54) is 0 Å². The molecular formula is C22H30N2O4. The summed E-state index contributed by atoms with van der Waals surface area (Å²) >= 11 is 0. The zero-order valence-electron chi connectivity index (χ0n) is 17.0. The summed E-state index contributed by atoms with van der Waals surface area (Å²) in [5.74, 6) is 0.0383. The molecule has 3 saturated heterocycles. The molecular weight excluding hydrogens is 356 g/mol. The number of ether oxygens (including phenoxy) is 2. The summed E-state index contributed by atoms with van der Waals surface area (Å²) in [6.45, 7) is 7.02. The second-order valence-corrected chi connectivity index (χ2v) is 9.39. The zero-order chi connectivity index (χ0) is 19.9. The molecule has 6 nitrogen and oxygen atoms in total. The van der Waals surface area contributed by atoms with Crippen molar-refractivity contribution in [1.82, 2.24) is 9.80 Å². The number of benzene rings is 1. The molecule has 6 heteroatoms. The highest BCUT2D eigenvalue weighted by atomic mass is 16.6. The lowest BCUT2D eigenvalue weighted by Gasteiger charge is -2.50. The monoisotopic (exact) mass is 386 g/mol. The molecule has 1 unspecified atom stereocenters. The van der Waals surface area contributed by atoms with E-state index in [-0.39, 0.29) is 36.3 Å². The molecule has 28 heavy (non-hydrogen) atoms. The normalized spacial score (nSPS) is 30.0. The fraction of sp³-hybridized carbons (Fsp3) is 0.636. The summed E-state index contributed by atoms with van der Waals surface area (Å²) in [7, 11) is 0. The number of nitrogens with zero attached hydrogens (tertiary/aromatic N) is 2. The van der Waals surface area contributed by atoms with Gasteiger partial charge in [-0.15, -0.1) is 0 Å². The van der Waals surface area contributed by atoms with Crippen LogP contribution in [-0.2, 0) is 20.8 Å². The van der Waals surface area contributed by atoms with Crippen molar-refractivity contribution in [1.29, 1.82) is 0 Å².